The zero-order valence-electron chi connectivity index (χ0n) is 9.38. The summed E-state index contributed by atoms with van der Waals surface area (Å²) in [6, 6.07) is 13.3. The van der Waals surface area contributed by atoms with Gasteiger partial charge in [-0.2, -0.15) is 0 Å². The standard InChI is InChI=1S/C14H11NO2/c1-15-11-6-2-3-7-12(11)17-13-8-4-5-10(9-16)14(13)15/h2-9H,1H3. The molecule has 3 heteroatoms. The summed E-state index contributed by atoms with van der Waals surface area (Å²) in [6.07, 6.45) is 0.854. The summed E-state index contributed by atoms with van der Waals surface area (Å²) in [4.78, 5) is 13.0. The number of benzene rings is 2. The minimum atomic E-state index is 0.638. The zero-order chi connectivity index (χ0) is 11.8. The van der Waals surface area contributed by atoms with Gasteiger partial charge in [0, 0.05) is 12.6 Å². The van der Waals surface area contributed by atoms with Crippen molar-refractivity contribution in [3.05, 3.63) is 48.0 Å². The van der Waals surface area contributed by atoms with Crippen molar-refractivity contribution in [2.75, 3.05) is 11.9 Å². The molecule has 3 rings (SSSR count). The van der Waals surface area contributed by atoms with Crippen LogP contribution in [0.1, 0.15) is 10.4 Å². The molecule has 1 heterocycles. The Labute approximate surface area is 99.2 Å². The average molecular weight is 225 g/mol. The highest BCUT2D eigenvalue weighted by Gasteiger charge is 2.23. The van der Waals surface area contributed by atoms with Crippen molar-refractivity contribution >= 4 is 17.7 Å². The second kappa shape index (κ2) is 3.63. The van der Waals surface area contributed by atoms with Crippen LogP contribution < -0.4 is 9.64 Å². The number of hydrogen-bond donors (Lipinski definition) is 0. The third kappa shape index (κ3) is 1.40. The van der Waals surface area contributed by atoms with Crippen molar-refractivity contribution in [1.82, 2.24) is 0 Å². The van der Waals surface area contributed by atoms with Crippen LogP contribution in [-0.4, -0.2) is 13.3 Å². The van der Waals surface area contributed by atoms with Crippen molar-refractivity contribution in [3.8, 4) is 11.5 Å². The van der Waals surface area contributed by atoms with E-state index in [0.29, 0.717) is 5.56 Å². The molecule has 0 fully saturated rings. The summed E-state index contributed by atoms with van der Waals surface area (Å²) >= 11 is 0. The lowest BCUT2D eigenvalue weighted by Crippen LogP contribution is -2.17. The largest absolute Gasteiger partial charge is 0.453 e. The number of ether oxygens (including phenoxy) is 1. The fourth-order valence-electron chi connectivity index (χ4n) is 2.14. The van der Waals surface area contributed by atoms with Crippen molar-refractivity contribution in [1.29, 1.82) is 0 Å². The monoisotopic (exact) mass is 225 g/mol. The molecule has 3 nitrogen and oxygen atoms in total. The number of hydrogen-bond acceptors (Lipinski definition) is 3. The Hall–Kier alpha value is -2.29. The van der Waals surface area contributed by atoms with Crippen LogP contribution in [0.2, 0.25) is 0 Å². The van der Waals surface area contributed by atoms with Crippen LogP contribution in [0, 0.1) is 0 Å². The fourth-order valence-corrected chi connectivity index (χ4v) is 2.14. The van der Waals surface area contributed by atoms with Gasteiger partial charge in [0.2, 0.25) is 0 Å². The van der Waals surface area contributed by atoms with Crippen molar-refractivity contribution in [3.63, 3.8) is 0 Å². The van der Waals surface area contributed by atoms with Gasteiger partial charge in [-0.05, 0) is 24.3 Å². The van der Waals surface area contributed by atoms with Gasteiger partial charge >= 0.3 is 0 Å². The maximum absolute atomic E-state index is 11.1. The van der Waals surface area contributed by atoms with Crippen LogP contribution in [0.15, 0.2) is 42.5 Å². The molecule has 0 aromatic heterocycles. The minimum Gasteiger partial charge on any atom is -0.453 e. The highest BCUT2D eigenvalue weighted by Crippen LogP contribution is 2.46. The molecule has 1 aliphatic heterocycles. The Balaban J connectivity index is 2.23. The lowest BCUT2D eigenvalue weighted by atomic mass is 10.1. The Morgan fingerprint density at radius 1 is 1.06 bits per heavy atom. The SMILES string of the molecule is CN1c2ccccc2Oc2cccc(C=O)c21. The number of para-hydroxylation sites is 3. The lowest BCUT2D eigenvalue weighted by Gasteiger charge is -2.30. The van der Waals surface area contributed by atoms with E-state index in [-0.39, 0.29) is 0 Å². The van der Waals surface area contributed by atoms with Crippen molar-refractivity contribution < 1.29 is 9.53 Å². The molecule has 1 aliphatic rings. The van der Waals surface area contributed by atoms with Gasteiger partial charge in [0.25, 0.3) is 0 Å². The first-order valence-electron chi connectivity index (χ1n) is 5.40. The van der Waals surface area contributed by atoms with E-state index in [2.05, 4.69) is 0 Å². The number of nitrogens with zero attached hydrogens (tertiary/aromatic N) is 1. The molecular weight excluding hydrogens is 214 g/mol. The first-order valence-corrected chi connectivity index (χ1v) is 5.40. The first-order chi connectivity index (χ1) is 8.31. The van der Waals surface area contributed by atoms with E-state index in [1.54, 1.807) is 6.07 Å². The van der Waals surface area contributed by atoms with E-state index in [9.17, 15) is 4.79 Å². The summed E-state index contributed by atoms with van der Waals surface area (Å²) in [5, 5.41) is 0. The second-order valence-electron chi connectivity index (χ2n) is 3.94. The van der Waals surface area contributed by atoms with Gasteiger partial charge in [0.15, 0.2) is 17.8 Å². The van der Waals surface area contributed by atoms with Gasteiger partial charge in [0.05, 0.1) is 11.4 Å². The molecule has 2 aromatic rings. The van der Waals surface area contributed by atoms with E-state index >= 15 is 0 Å². The molecule has 0 saturated carbocycles. The molecule has 17 heavy (non-hydrogen) atoms. The van der Waals surface area contributed by atoms with Gasteiger partial charge in [0.1, 0.15) is 0 Å². The fraction of sp³-hybridized carbons (Fsp3) is 0.0714. The summed E-state index contributed by atoms with van der Waals surface area (Å²) in [6.45, 7) is 0. The molecule has 0 amide bonds. The normalized spacial score (nSPS) is 12.4. The Kier molecular flexibility index (Phi) is 2.11. The molecule has 0 radical (unpaired) electrons. The van der Waals surface area contributed by atoms with Crippen LogP contribution in [0.25, 0.3) is 0 Å². The van der Waals surface area contributed by atoms with Gasteiger partial charge < -0.3 is 9.64 Å². The minimum absolute atomic E-state index is 0.638. The predicted molar refractivity (Wildman–Crippen MR) is 66.4 cm³/mol. The van der Waals surface area contributed by atoms with E-state index < -0.39 is 0 Å². The summed E-state index contributed by atoms with van der Waals surface area (Å²) in [5.41, 5.74) is 2.43. The van der Waals surface area contributed by atoms with Crippen LogP contribution in [0.5, 0.6) is 11.5 Å². The van der Waals surface area contributed by atoms with Gasteiger partial charge in [-0.15, -0.1) is 0 Å². The number of fused-ring (bicyclic) bond motifs is 2. The Bertz CT molecular complexity index is 593. The Morgan fingerprint density at radius 3 is 2.65 bits per heavy atom. The van der Waals surface area contributed by atoms with Crippen LogP contribution in [0.3, 0.4) is 0 Å². The molecule has 0 aliphatic carbocycles. The van der Waals surface area contributed by atoms with Gasteiger partial charge in [-0.1, -0.05) is 18.2 Å². The van der Waals surface area contributed by atoms with E-state index in [1.807, 2.05) is 48.3 Å². The number of anilines is 2. The Morgan fingerprint density at radius 2 is 1.82 bits per heavy atom. The second-order valence-corrected chi connectivity index (χ2v) is 3.94. The maximum Gasteiger partial charge on any atom is 0.152 e. The highest BCUT2D eigenvalue weighted by molar-refractivity contribution is 5.92. The highest BCUT2D eigenvalue weighted by atomic mass is 16.5. The quantitative estimate of drug-likeness (QED) is 0.697. The lowest BCUT2D eigenvalue weighted by molar-refractivity contribution is 0.112. The summed E-state index contributed by atoms with van der Waals surface area (Å²) in [7, 11) is 1.94. The van der Waals surface area contributed by atoms with Gasteiger partial charge in [-0.3, -0.25) is 4.79 Å². The predicted octanol–water partition coefficient (Wildman–Crippen LogP) is 3.37. The molecular formula is C14H11NO2. The number of aldehydes is 1. The molecule has 84 valence electrons. The molecule has 0 atom stereocenters. The van der Waals surface area contributed by atoms with Gasteiger partial charge in [-0.25, -0.2) is 0 Å². The third-order valence-electron chi connectivity index (χ3n) is 2.94. The number of carbonyl (C=O) groups is 1. The number of rotatable bonds is 1. The summed E-state index contributed by atoms with van der Waals surface area (Å²) in [5.74, 6) is 1.53. The van der Waals surface area contributed by atoms with E-state index in [4.69, 9.17) is 4.74 Å². The number of carbonyl (C=O) groups excluding carboxylic acids is 1. The van der Waals surface area contributed by atoms with Crippen molar-refractivity contribution in [2.45, 2.75) is 0 Å². The van der Waals surface area contributed by atoms with Crippen LogP contribution in [0.4, 0.5) is 11.4 Å². The molecule has 0 unspecified atom stereocenters. The molecule has 2 aromatic carbocycles. The molecule has 0 saturated heterocycles. The van der Waals surface area contributed by atoms with E-state index in [0.717, 1.165) is 29.2 Å². The average Bonchev–Trinajstić information content (AvgIpc) is 2.38. The molecule has 0 N–H and O–H groups in total. The molecule has 0 bridgehead atoms. The van der Waals surface area contributed by atoms with Crippen LogP contribution in [-0.2, 0) is 0 Å². The topological polar surface area (TPSA) is 29.5 Å². The third-order valence-corrected chi connectivity index (χ3v) is 2.94. The summed E-state index contributed by atoms with van der Waals surface area (Å²) < 4.78 is 5.79. The van der Waals surface area contributed by atoms with Crippen LogP contribution >= 0.6 is 0 Å². The zero-order valence-corrected chi connectivity index (χ0v) is 9.38. The maximum atomic E-state index is 11.1. The first kappa shape index (κ1) is 9.90. The molecule has 0 spiro atoms. The van der Waals surface area contributed by atoms with Crippen molar-refractivity contribution in [2.24, 2.45) is 0 Å². The van der Waals surface area contributed by atoms with E-state index in [1.165, 1.54) is 0 Å². The smallest absolute Gasteiger partial charge is 0.152 e.